The van der Waals surface area contributed by atoms with E-state index in [4.69, 9.17) is 17.3 Å². The molecule has 1 atom stereocenters. The van der Waals surface area contributed by atoms with Gasteiger partial charge in [0.2, 0.25) is 0 Å². The fraction of sp³-hybridized carbons (Fsp3) is 0.222. The highest BCUT2D eigenvalue weighted by Crippen LogP contribution is 2.35. The molecule has 2 N–H and O–H groups in total. The lowest BCUT2D eigenvalue weighted by Crippen LogP contribution is -2.00. The Bertz CT molecular complexity index is 376. The van der Waals surface area contributed by atoms with Crippen LogP contribution >= 0.6 is 11.6 Å². The molecule has 0 aromatic heterocycles. The van der Waals surface area contributed by atoms with Gasteiger partial charge in [-0.25, -0.2) is 4.39 Å². The minimum atomic E-state index is -0.316. The summed E-state index contributed by atoms with van der Waals surface area (Å²) in [4.78, 5) is 3.98. The zero-order chi connectivity index (χ0) is 9.42. The molecule has 1 aromatic carbocycles. The van der Waals surface area contributed by atoms with Crippen molar-refractivity contribution in [2.75, 3.05) is 0 Å². The number of hydrogen-bond donors (Lipinski definition) is 1. The molecule has 0 radical (unpaired) electrons. The van der Waals surface area contributed by atoms with Crippen molar-refractivity contribution in [3.63, 3.8) is 0 Å². The lowest BCUT2D eigenvalue weighted by molar-refractivity contribution is 0.610. The Hall–Kier alpha value is -0.930. The quantitative estimate of drug-likeness (QED) is 0.691. The van der Waals surface area contributed by atoms with Gasteiger partial charge in [-0.2, -0.15) is 0 Å². The number of halogens is 2. The molecule has 1 aromatic rings. The summed E-state index contributed by atoms with van der Waals surface area (Å²) in [6, 6.07) is 3.05. The average Bonchev–Trinajstić information content (AvgIpc) is 2.46. The fourth-order valence-corrected chi connectivity index (χ4v) is 1.57. The fourth-order valence-electron chi connectivity index (χ4n) is 1.34. The van der Waals surface area contributed by atoms with Crippen molar-refractivity contribution in [2.45, 2.75) is 11.9 Å². The molecule has 0 amide bonds. The lowest BCUT2D eigenvalue weighted by Gasteiger charge is -2.05. The Morgan fingerprint density at radius 3 is 3.00 bits per heavy atom. The van der Waals surface area contributed by atoms with E-state index in [1.165, 1.54) is 6.07 Å². The van der Waals surface area contributed by atoms with E-state index in [1.54, 1.807) is 12.3 Å². The zero-order valence-electron chi connectivity index (χ0n) is 6.80. The van der Waals surface area contributed by atoms with Crippen molar-refractivity contribution in [3.8, 4) is 0 Å². The molecule has 13 heavy (non-hydrogen) atoms. The summed E-state index contributed by atoms with van der Waals surface area (Å²) in [6.45, 7) is 0.183. The minimum absolute atomic E-state index is 0.183. The first-order chi connectivity index (χ1) is 6.22. The van der Waals surface area contributed by atoms with Crippen LogP contribution in [-0.2, 0) is 6.54 Å². The standard InChI is InChI=1S/C9H8ClFN2/c10-7-4-13-9-2-8(11)5(3-12)1-6(7)9/h1-2,4,7H,3,12H2. The van der Waals surface area contributed by atoms with Crippen molar-refractivity contribution in [2.24, 2.45) is 10.7 Å². The number of rotatable bonds is 1. The van der Waals surface area contributed by atoms with Crippen molar-refractivity contribution >= 4 is 23.5 Å². The molecule has 1 aliphatic heterocycles. The van der Waals surface area contributed by atoms with Crippen molar-refractivity contribution in [1.82, 2.24) is 0 Å². The highest BCUT2D eigenvalue weighted by atomic mass is 35.5. The molecule has 0 fully saturated rings. The van der Waals surface area contributed by atoms with Crippen LogP contribution in [0.15, 0.2) is 17.1 Å². The van der Waals surface area contributed by atoms with E-state index < -0.39 is 0 Å². The van der Waals surface area contributed by atoms with Gasteiger partial charge in [-0.05, 0) is 6.07 Å². The molecular weight excluding hydrogens is 191 g/mol. The predicted molar refractivity (Wildman–Crippen MR) is 51.0 cm³/mol. The molecule has 1 heterocycles. The summed E-state index contributed by atoms with van der Waals surface area (Å²) in [6.07, 6.45) is 1.59. The van der Waals surface area contributed by atoms with Crippen molar-refractivity contribution in [1.29, 1.82) is 0 Å². The van der Waals surface area contributed by atoms with Gasteiger partial charge in [0, 0.05) is 30.0 Å². The molecule has 0 saturated carbocycles. The summed E-state index contributed by atoms with van der Waals surface area (Å²) in [5.74, 6) is -0.316. The molecule has 68 valence electrons. The molecule has 2 nitrogen and oxygen atoms in total. The summed E-state index contributed by atoms with van der Waals surface area (Å²) < 4.78 is 13.2. The third-order valence-corrected chi connectivity index (χ3v) is 2.41. The van der Waals surface area contributed by atoms with E-state index in [0.29, 0.717) is 11.3 Å². The van der Waals surface area contributed by atoms with Crippen LogP contribution in [0.5, 0.6) is 0 Å². The summed E-state index contributed by atoms with van der Waals surface area (Å²) >= 11 is 5.91. The molecule has 1 unspecified atom stereocenters. The highest BCUT2D eigenvalue weighted by molar-refractivity contribution is 6.29. The van der Waals surface area contributed by atoms with Crippen molar-refractivity contribution in [3.05, 3.63) is 29.1 Å². The second-order valence-corrected chi connectivity index (χ2v) is 3.36. The minimum Gasteiger partial charge on any atom is -0.326 e. The van der Waals surface area contributed by atoms with E-state index in [-0.39, 0.29) is 17.7 Å². The van der Waals surface area contributed by atoms with E-state index >= 15 is 0 Å². The van der Waals surface area contributed by atoms with Crippen LogP contribution in [0.3, 0.4) is 0 Å². The van der Waals surface area contributed by atoms with Gasteiger partial charge in [0.25, 0.3) is 0 Å². The number of alkyl halides is 1. The van der Waals surface area contributed by atoms with E-state index in [0.717, 1.165) is 5.56 Å². The van der Waals surface area contributed by atoms with Crippen molar-refractivity contribution < 1.29 is 4.39 Å². The van der Waals surface area contributed by atoms with Gasteiger partial charge < -0.3 is 5.73 Å². The first-order valence-electron chi connectivity index (χ1n) is 3.93. The van der Waals surface area contributed by atoms with E-state index in [2.05, 4.69) is 4.99 Å². The Labute approximate surface area is 80.2 Å². The maximum atomic E-state index is 13.2. The van der Waals surface area contributed by atoms with Gasteiger partial charge in [-0.3, -0.25) is 4.99 Å². The number of fused-ring (bicyclic) bond motifs is 1. The molecule has 0 aliphatic carbocycles. The maximum absolute atomic E-state index is 13.2. The normalized spacial score (nSPS) is 19.2. The number of nitrogens with two attached hydrogens (primary N) is 1. The van der Waals surface area contributed by atoms with Crippen LogP contribution in [0.25, 0.3) is 0 Å². The van der Waals surface area contributed by atoms with Crippen LogP contribution in [0.4, 0.5) is 10.1 Å². The van der Waals surface area contributed by atoms with Crippen LogP contribution in [0.1, 0.15) is 16.5 Å². The number of aliphatic imine (C=N–C) groups is 1. The molecule has 1 aliphatic rings. The smallest absolute Gasteiger partial charge is 0.129 e. The Balaban J connectivity index is 2.55. The number of nitrogens with zero attached hydrogens (tertiary/aromatic N) is 1. The Morgan fingerprint density at radius 2 is 2.31 bits per heavy atom. The van der Waals surface area contributed by atoms with Crippen LogP contribution in [0.2, 0.25) is 0 Å². The van der Waals surface area contributed by atoms with Gasteiger partial charge in [-0.1, -0.05) is 0 Å². The van der Waals surface area contributed by atoms with Crippen LogP contribution < -0.4 is 5.73 Å². The monoisotopic (exact) mass is 198 g/mol. The number of benzene rings is 1. The molecule has 0 saturated heterocycles. The summed E-state index contributed by atoms with van der Waals surface area (Å²) in [5, 5.41) is -0.249. The molecule has 0 bridgehead atoms. The Kier molecular flexibility index (Phi) is 2.06. The largest absolute Gasteiger partial charge is 0.326 e. The van der Waals surface area contributed by atoms with Gasteiger partial charge in [0.15, 0.2) is 0 Å². The summed E-state index contributed by atoms with van der Waals surface area (Å²) in [5.41, 5.74) is 7.29. The summed E-state index contributed by atoms with van der Waals surface area (Å²) in [7, 11) is 0. The molecule has 2 rings (SSSR count). The first-order valence-corrected chi connectivity index (χ1v) is 4.36. The van der Waals surface area contributed by atoms with Gasteiger partial charge >= 0.3 is 0 Å². The van der Waals surface area contributed by atoms with E-state index in [9.17, 15) is 4.39 Å². The molecular formula is C9H8ClFN2. The van der Waals surface area contributed by atoms with Gasteiger partial charge in [0.1, 0.15) is 5.82 Å². The molecule has 0 spiro atoms. The zero-order valence-corrected chi connectivity index (χ0v) is 7.55. The third kappa shape index (κ3) is 1.34. The van der Waals surface area contributed by atoms with Gasteiger partial charge in [-0.15, -0.1) is 11.6 Å². The second kappa shape index (κ2) is 3.09. The number of hydrogen-bond acceptors (Lipinski definition) is 2. The van der Waals surface area contributed by atoms with Crippen LogP contribution in [-0.4, -0.2) is 6.21 Å². The average molecular weight is 199 g/mol. The highest BCUT2D eigenvalue weighted by Gasteiger charge is 2.18. The first kappa shape index (κ1) is 8.66. The Morgan fingerprint density at radius 1 is 1.54 bits per heavy atom. The topological polar surface area (TPSA) is 38.4 Å². The maximum Gasteiger partial charge on any atom is 0.129 e. The van der Waals surface area contributed by atoms with Crippen LogP contribution in [0, 0.1) is 5.82 Å². The lowest BCUT2D eigenvalue weighted by atomic mass is 10.1. The third-order valence-electron chi connectivity index (χ3n) is 2.06. The SMILES string of the molecule is NCc1cc2c(cc1F)N=CC2Cl. The predicted octanol–water partition coefficient (Wildman–Crippen LogP) is 2.28. The second-order valence-electron chi connectivity index (χ2n) is 2.89. The molecule has 4 heteroatoms. The van der Waals surface area contributed by atoms with Gasteiger partial charge in [0.05, 0.1) is 11.1 Å². The van der Waals surface area contributed by atoms with E-state index in [1.807, 2.05) is 0 Å².